The van der Waals surface area contributed by atoms with E-state index >= 15 is 0 Å². The Kier molecular flexibility index (Phi) is 4.50. The van der Waals surface area contributed by atoms with Crippen LogP contribution in [-0.4, -0.2) is 31.3 Å². The van der Waals surface area contributed by atoms with E-state index in [1.165, 1.54) is 0 Å². The fourth-order valence-corrected chi connectivity index (χ4v) is 3.74. The smallest absolute Gasteiger partial charge is 0.309 e. The third-order valence-corrected chi connectivity index (χ3v) is 5.14. The van der Waals surface area contributed by atoms with Crippen LogP contribution in [0.5, 0.6) is 0 Å². The first kappa shape index (κ1) is 17.8. The number of carbonyl (C=O) groups excluding carboxylic acids is 1. The van der Waals surface area contributed by atoms with Crippen LogP contribution < -0.4 is 0 Å². The molecule has 1 saturated carbocycles. The minimum Gasteiger partial charge on any atom is -0.460 e. The highest BCUT2D eigenvalue weighted by Crippen LogP contribution is 2.34. The zero-order chi connectivity index (χ0) is 19.0. The molecule has 142 valence electrons. The molecule has 1 fully saturated rings. The van der Waals surface area contributed by atoms with Crippen molar-refractivity contribution >= 4 is 17.0 Å². The molecule has 4 rings (SSSR count). The predicted molar refractivity (Wildman–Crippen MR) is 104 cm³/mol. The molecular weight excluding hydrogens is 340 g/mol. The number of aromatic nitrogens is 4. The van der Waals surface area contributed by atoms with E-state index in [0.717, 1.165) is 47.8 Å². The van der Waals surface area contributed by atoms with Crippen LogP contribution in [0.3, 0.4) is 0 Å². The normalized spacial score (nSPS) is 20.7. The minimum atomic E-state index is -0.418. The Morgan fingerprint density at radius 2 is 1.96 bits per heavy atom. The topological polar surface area (TPSA) is 72.8 Å². The number of hydrogen-bond acceptors (Lipinski definition) is 4. The van der Waals surface area contributed by atoms with Crippen LogP contribution in [-0.2, 0) is 9.53 Å². The van der Waals surface area contributed by atoms with E-state index in [9.17, 15) is 4.79 Å². The molecule has 1 N–H and O–H groups in total. The number of nitrogens with zero attached hydrogens (tertiary/aromatic N) is 3. The molecule has 3 aromatic rings. The average Bonchev–Trinajstić information content (AvgIpc) is 3.29. The van der Waals surface area contributed by atoms with Crippen LogP contribution >= 0.6 is 0 Å². The summed E-state index contributed by atoms with van der Waals surface area (Å²) in [5.74, 6) is -0.0533. The van der Waals surface area contributed by atoms with Crippen molar-refractivity contribution in [3.63, 3.8) is 0 Å². The van der Waals surface area contributed by atoms with Crippen LogP contribution in [0.15, 0.2) is 36.9 Å². The molecule has 0 amide bonds. The number of esters is 1. The summed E-state index contributed by atoms with van der Waals surface area (Å²) >= 11 is 0. The van der Waals surface area contributed by atoms with Crippen LogP contribution in [0.25, 0.3) is 22.2 Å². The Bertz CT molecular complexity index is 942. The van der Waals surface area contributed by atoms with Crippen molar-refractivity contribution in [2.75, 3.05) is 0 Å². The Hall–Kier alpha value is -2.63. The number of pyridine rings is 1. The van der Waals surface area contributed by atoms with Gasteiger partial charge in [-0.1, -0.05) is 0 Å². The molecule has 0 saturated heterocycles. The second kappa shape index (κ2) is 6.83. The summed E-state index contributed by atoms with van der Waals surface area (Å²) in [5, 5.41) is 4.58. The van der Waals surface area contributed by atoms with Crippen LogP contribution in [0.1, 0.15) is 52.5 Å². The first-order valence-corrected chi connectivity index (χ1v) is 9.59. The maximum absolute atomic E-state index is 12.3. The number of H-pyrrole nitrogens is 1. The lowest BCUT2D eigenvalue weighted by atomic mass is 9.86. The second-order valence-electron chi connectivity index (χ2n) is 8.38. The molecule has 6 nitrogen and oxygen atoms in total. The van der Waals surface area contributed by atoms with E-state index in [1.54, 1.807) is 0 Å². The van der Waals surface area contributed by atoms with Crippen LogP contribution in [0.4, 0.5) is 0 Å². The molecule has 27 heavy (non-hydrogen) atoms. The molecule has 1 aliphatic carbocycles. The Morgan fingerprint density at radius 1 is 1.19 bits per heavy atom. The summed E-state index contributed by atoms with van der Waals surface area (Å²) < 4.78 is 7.58. The highest BCUT2D eigenvalue weighted by molar-refractivity contribution is 5.80. The minimum absolute atomic E-state index is 0.00925. The molecule has 0 unspecified atom stereocenters. The number of rotatable bonds is 3. The van der Waals surface area contributed by atoms with E-state index in [-0.39, 0.29) is 11.9 Å². The molecular formula is C21H26N4O2. The van der Waals surface area contributed by atoms with Gasteiger partial charge in [-0.25, -0.2) is 0 Å². The quantitative estimate of drug-likeness (QED) is 0.693. The molecule has 0 aromatic carbocycles. The number of carbonyl (C=O) groups is 1. The van der Waals surface area contributed by atoms with Gasteiger partial charge < -0.3 is 9.72 Å². The van der Waals surface area contributed by atoms with Crippen molar-refractivity contribution in [2.24, 2.45) is 5.92 Å². The Morgan fingerprint density at radius 3 is 2.70 bits per heavy atom. The molecule has 0 spiro atoms. The number of hydrogen-bond donors (Lipinski definition) is 1. The molecule has 0 bridgehead atoms. The van der Waals surface area contributed by atoms with Gasteiger partial charge in [-0.05, 0) is 58.6 Å². The number of aromatic amines is 1. The van der Waals surface area contributed by atoms with Crippen LogP contribution in [0.2, 0.25) is 0 Å². The summed E-state index contributed by atoms with van der Waals surface area (Å²) in [5.41, 5.74) is 3.69. The van der Waals surface area contributed by atoms with Gasteiger partial charge in [-0.15, -0.1) is 0 Å². The summed E-state index contributed by atoms with van der Waals surface area (Å²) in [4.78, 5) is 20.0. The number of ether oxygens (including phenoxy) is 1. The SMILES string of the molecule is CC(C)(C)OC(=O)C1CCC(n2cc(-c3cnc4cc[nH]c4c3)cn2)CC1. The van der Waals surface area contributed by atoms with Crippen molar-refractivity contribution in [1.29, 1.82) is 0 Å². The van der Waals surface area contributed by atoms with E-state index in [0.29, 0.717) is 6.04 Å². The Balaban J connectivity index is 1.41. The predicted octanol–water partition coefficient (Wildman–Crippen LogP) is 4.50. The Labute approximate surface area is 158 Å². The van der Waals surface area contributed by atoms with Crippen LogP contribution in [0, 0.1) is 5.92 Å². The maximum Gasteiger partial charge on any atom is 0.309 e. The monoisotopic (exact) mass is 366 g/mol. The molecule has 1 aliphatic rings. The summed E-state index contributed by atoms with van der Waals surface area (Å²) in [6.45, 7) is 5.75. The lowest BCUT2D eigenvalue weighted by Gasteiger charge is -2.29. The molecule has 3 aromatic heterocycles. The molecule has 0 atom stereocenters. The fraction of sp³-hybridized carbons (Fsp3) is 0.476. The number of nitrogens with one attached hydrogen (secondary N) is 1. The van der Waals surface area contributed by atoms with Crippen molar-refractivity contribution in [3.8, 4) is 11.1 Å². The van der Waals surface area contributed by atoms with E-state index in [1.807, 2.05) is 50.1 Å². The number of fused-ring (bicyclic) bond motifs is 1. The van der Waals surface area contributed by atoms with Crippen molar-refractivity contribution in [3.05, 3.63) is 36.9 Å². The largest absolute Gasteiger partial charge is 0.460 e. The van der Waals surface area contributed by atoms with Gasteiger partial charge in [-0.2, -0.15) is 5.10 Å². The highest BCUT2D eigenvalue weighted by atomic mass is 16.6. The summed E-state index contributed by atoms with van der Waals surface area (Å²) in [6, 6.07) is 4.40. The van der Waals surface area contributed by atoms with Gasteiger partial charge in [0.1, 0.15) is 5.60 Å². The first-order valence-electron chi connectivity index (χ1n) is 9.59. The average molecular weight is 366 g/mol. The second-order valence-corrected chi connectivity index (χ2v) is 8.38. The lowest BCUT2D eigenvalue weighted by molar-refractivity contribution is -0.161. The molecule has 3 heterocycles. The highest BCUT2D eigenvalue weighted by Gasteiger charge is 2.30. The van der Waals surface area contributed by atoms with Gasteiger partial charge in [0, 0.05) is 29.7 Å². The third kappa shape index (κ3) is 3.89. The maximum atomic E-state index is 12.3. The van der Waals surface area contributed by atoms with E-state index in [4.69, 9.17) is 4.74 Å². The first-order chi connectivity index (χ1) is 12.9. The summed E-state index contributed by atoms with van der Waals surface area (Å²) in [7, 11) is 0. The van der Waals surface area contributed by atoms with Crippen molar-refractivity contribution in [2.45, 2.75) is 58.1 Å². The van der Waals surface area contributed by atoms with Gasteiger partial charge in [0.2, 0.25) is 0 Å². The molecule has 0 radical (unpaired) electrons. The van der Waals surface area contributed by atoms with Crippen molar-refractivity contribution in [1.82, 2.24) is 19.7 Å². The zero-order valence-electron chi connectivity index (χ0n) is 16.1. The van der Waals surface area contributed by atoms with Gasteiger partial charge in [-0.3, -0.25) is 14.5 Å². The van der Waals surface area contributed by atoms with Crippen molar-refractivity contribution < 1.29 is 9.53 Å². The van der Waals surface area contributed by atoms with E-state index in [2.05, 4.69) is 27.3 Å². The summed E-state index contributed by atoms with van der Waals surface area (Å²) in [6.07, 6.45) is 11.4. The van der Waals surface area contributed by atoms with Gasteiger partial charge >= 0.3 is 5.97 Å². The third-order valence-electron chi connectivity index (χ3n) is 5.14. The zero-order valence-corrected chi connectivity index (χ0v) is 16.1. The van der Waals surface area contributed by atoms with Gasteiger partial charge in [0.05, 0.1) is 29.2 Å². The lowest BCUT2D eigenvalue weighted by Crippen LogP contribution is -2.31. The van der Waals surface area contributed by atoms with Gasteiger partial charge in [0.25, 0.3) is 0 Å². The van der Waals surface area contributed by atoms with E-state index < -0.39 is 5.60 Å². The molecule has 6 heteroatoms. The molecule has 0 aliphatic heterocycles. The fourth-order valence-electron chi connectivity index (χ4n) is 3.74. The van der Waals surface area contributed by atoms with Gasteiger partial charge in [0.15, 0.2) is 0 Å². The standard InChI is InChI=1S/C21H26N4O2/c1-21(2,3)27-20(26)14-4-6-17(7-5-14)25-13-16(12-24-25)15-10-19-18(23-11-15)8-9-22-19/h8-14,17,22H,4-7H2,1-3H3.